The zero-order valence-electron chi connectivity index (χ0n) is 13.2. The molecule has 19 heavy (non-hydrogen) atoms. The van der Waals surface area contributed by atoms with Crippen LogP contribution in [0.4, 0.5) is 0 Å². The first-order valence-corrected chi connectivity index (χ1v) is 7.72. The average Bonchev–Trinajstić information content (AvgIpc) is 2.36. The Bertz CT molecular complexity index is 231. The summed E-state index contributed by atoms with van der Waals surface area (Å²) in [5.74, 6) is 1.06. The van der Waals surface area contributed by atoms with Crippen molar-refractivity contribution >= 4 is 5.91 Å². The number of carbonyl (C=O) groups excluding carboxylic acids is 1. The summed E-state index contributed by atoms with van der Waals surface area (Å²) in [6.07, 6.45) is 2.75. The van der Waals surface area contributed by atoms with Crippen LogP contribution in [0, 0.1) is 11.8 Å². The molecule has 0 aromatic carbocycles. The molecule has 1 amide bonds. The number of hydrogen-bond donors (Lipinski definition) is 2. The molecular weight excluding hydrogens is 238 g/mol. The lowest BCUT2D eigenvalue weighted by molar-refractivity contribution is -0.122. The van der Waals surface area contributed by atoms with Gasteiger partial charge in [-0.1, -0.05) is 27.7 Å². The van der Waals surface area contributed by atoms with Crippen LogP contribution in [0.2, 0.25) is 0 Å². The molecule has 0 spiro atoms. The average molecular weight is 271 g/mol. The summed E-state index contributed by atoms with van der Waals surface area (Å²) in [5.41, 5.74) is 5.72. The van der Waals surface area contributed by atoms with Gasteiger partial charge in [-0.2, -0.15) is 0 Å². The number of nitrogens with zero attached hydrogens (tertiary/aromatic N) is 1. The normalized spacial score (nSPS) is 13.0. The Labute approximate surface area is 119 Å². The van der Waals surface area contributed by atoms with Gasteiger partial charge < -0.3 is 16.0 Å². The molecule has 0 saturated heterocycles. The molecule has 114 valence electrons. The number of likely N-dealkylation sites (N-methyl/N-ethyl adjacent to an activating group) is 1. The summed E-state index contributed by atoms with van der Waals surface area (Å²) < 4.78 is 0. The molecule has 0 aromatic rings. The minimum absolute atomic E-state index is 0.142. The number of hydrogen-bond acceptors (Lipinski definition) is 3. The summed E-state index contributed by atoms with van der Waals surface area (Å²) >= 11 is 0. The van der Waals surface area contributed by atoms with Crippen molar-refractivity contribution in [2.75, 3.05) is 32.7 Å². The zero-order chi connectivity index (χ0) is 14.7. The fraction of sp³-hybridized carbons (Fsp3) is 0.933. The van der Waals surface area contributed by atoms with E-state index in [0.717, 1.165) is 39.0 Å². The van der Waals surface area contributed by atoms with E-state index in [1.807, 2.05) is 0 Å². The van der Waals surface area contributed by atoms with Gasteiger partial charge in [0.25, 0.3) is 0 Å². The van der Waals surface area contributed by atoms with E-state index in [9.17, 15) is 4.79 Å². The van der Waals surface area contributed by atoms with Crippen LogP contribution in [-0.4, -0.2) is 43.5 Å². The van der Waals surface area contributed by atoms with E-state index < -0.39 is 0 Å². The SMILES string of the molecule is CCCN(CC)CCNC(=O)C[C@@H](CN)CC(C)C. The smallest absolute Gasteiger partial charge is 0.220 e. The Morgan fingerprint density at radius 2 is 1.95 bits per heavy atom. The monoisotopic (exact) mass is 271 g/mol. The minimum atomic E-state index is 0.142. The molecule has 3 N–H and O–H groups in total. The molecule has 0 fully saturated rings. The highest BCUT2D eigenvalue weighted by Gasteiger charge is 2.13. The summed E-state index contributed by atoms with van der Waals surface area (Å²) in [7, 11) is 0. The van der Waals surface area contributed by atoms with Gasteiger partial charge in [-0.15, -0.1) is 0 Å². The van der Waals surface area contributed by atoms with Gasteiger partial charge in [0.2, 0.25) is 5.91 Å². The summed E-state index contributed by atoms with van der Waals surface area (Å²) in [6, 6.07) is 0. The van der Waals surface area contributed by atoms with E-state index >= 15 is 0 Å². The zero-order valence-corrected chi connectivity index (χ0v) is 13.2. The highest BCUT2D eigenvalue weighted by molar-refractivity contribution is 5.76. The number of rotatable bonds is 11. The summed E-state index contributed by atoms with van der Waals surface area (Å²) in [4.78, 5) is 14.2. The second-order valence-corrected chi connectivity index (χ2v) is 5.72. The highest BCUT2D eigenvalue weighted by atomic mass is 16.1. The quantitative estimate of drug-likeness (QED) is 0.603. The van der Waals surface area contributed by atoms with Crippen molar-refractivity contribution in [3.63, 3.8) is 0 Å². The molecule has 0 bridgehead atoms. The molecule has 4 nitrogen and oxygen atoms in total. The van der Waals surface area contributed by atoms with Gasteiger partial charge in [0.1, 0.15) is 0 Å². The van der Waals surface area contributed by atoms with Crippen molar-refractivity contribution in [3.05, 3.63) is 0 Å². The van der Waals surface area contributed by atoms with Gasteiger partial charge in [0.05, 0.1) is 0 Å². The standard InChI is InChI=1S/C15H33N3O/c1-5-8-18(6-2)9-7-17-15(19)11-14(12-16)10-13(3)4/h13-14H,5-12,16H2,1-4H3,(H,17,19)/t14-/m0/s1. The molecule has 0 aliphatic carbocycles. The van der Waals surface area contributed by atoms with Crippen LogP contribution in [0.15, 0.2) is 0 Å². The van der Waals surface area contributed by atoms with Crippen LogP contribution in [0.5, 0.6) is 0 Å². The van der Waals surface area contributed by atoms with Gasteiger partial charge in [0, 0.05) is 19.5 Å². The van der Waals surface area contributed by atoms with Crippen LogP contribution in [0.1, 0.15) is 47.0 Å². The van der Waals surface area contributed by atoms with Crippen molar-refractivity contribution in [1.82, 2.24) is 10.2 Å². The minimum Gasteiger partial charge on any atom is -0.355 e. The molecule has 0 saturated carbocycles. The maximum atomic E-state index is 11.8. The van der Waals surface area contributed by atoms with Gasteiger partial charge >= 0.3 is 0 Å². The third kappa shape index (κ3) is 9.91. The molecule has 1 atom stereocenters. The van der Waals surface area contributed by atoms with E-state index in [4.69, 9.17) is 5.73 Å². The first-order valence-electron chi connectivity index (χ1n) is 7.72. The van der Waals surface area contributed by atoms with Crippen molar-refractivity contribution in [3.8, 4) is 0 Å². The Morgan fingerprint density at radius 1 is 1.26 bits per heavy atom. The Hall–Kier alpha value is -0.610. The van der Waals surface area contributed by atoms with E-state index in [1.165, 1.54) is 0 Å². The molecule has 0 aliphatic rings. The van der Waals surface area contributed by atoms with Crippen molar-refractivity contribution < 1.29 is 4.79 Å². The summed E-state index contributed by atoms with van der Waals surface area (Å²) in [6.45, 7) is 13.1. The number of nitrogens with one attached hydrogen (secondary N) is 1. The third-order valence-electron chi connectivity index (χ3n) is 3.35. The molecule has 0 aliphatic heterocycles. The number of nitrogens with two attached hydrogens (primary N) is 1. The Morgan fingerprint density at radius 3 is 2.42 bits per heavy atom. The van der Waals surface area contributed by atoms with Gasteiger partial charge in [-0.3, -0.25) is 4.79 Å². The number of carbonyl (C=O) groups is 1. The van der Waals surface area contributed by atoms with Gasteiger partial charge in [-0.05, 0) is 44.3 Å². The van der Waals surface area contributed by atoms with Crippen LogP contribution in [-0.2, 0) is 4.79 Å². The van der Waals surface area contributed by atoms with Crippen LogP contribution in [0.25, 0.3) is 0 Å². The predicted molar refractivity (Wildman–Crippen MR) is 82.0 cm³/mol. The van der Waals surface area contributed by atoms with Crippen LogP contribution < -0.4 is 11.1 Å². The van der Waals surface area contributed by atoms with Gasteiger partial charge in [-0.25, -0.2) is 0 Å². The lowest BCUT2D eigenvalue weighted by Crippen LogP contribution is -2.36. The number of amides is 1. The molecule has 0 radical (unpaired) electrons. The topological polar surface area (TPSA) is 58.4 Å². The van der Waals surface area contributed by atoms with Crippen LogP contribution in [0.3, 0.4) is 0 Å². The summed E-state index contributed by atoms with van der Waals surface area (Å²) in [5, 5.41) is 3.01. The molecule has 4 heteroatoms. The molecule has 0 aromatic heterocycles. The lowest BCUT2D eigenvalue weighted by atomic mass is 9.94. The molecular formula is C15H33N3O. The van der Waals surface area contributed by atoms with Crippen molar-refractivity contribution in [2.45, 2.75) is 47.0 Å². The van der Waals surface area contributed by atoms with E-state index in [-0.39, 0.29) is 5.91 Å². The maximum absolute atomic E-state index is 11.8. The predicted octanol–water partition coefficient (Wildman–Crippen LogP) is 1.85. The first kappa shape index (κ1) is 18.4. The first-order chi connectivity index (χ1) is 9.03. The van der Waals surface area contributed by atoms with E-state index in [1.54, 1.807) is 0 Å². The fourth-order valence-corrected chi connectivity index (χ4v) is 2.36. The Kier molecular flexibility index (Phi) is 10.9. The Balaban J connectivity index is 3.84. The molecule has 0 rings (SSSR count). The molecule has 0 heterocycles. The van der Waals surface area contributed by atoms with E-state index in [2.05, 4.69) is 37.9 Å². The highest BCUT2D eigenvalue weighted by Crippen LogP contribution is 2.13. The third-order valence-corrected chi connectivity index (χ3v) is 3.35. The van der Waals surface area contributed by atoms with E-state index in [0.29, 0.717) is 24.8 Å². The maximum Gasteiger partial charge on any atom is 0.220 e. The fourth-order valence-electron chi connectivity index (χ4n) is 2.36. The largest absolute Gasteiger partial charge is 0.355 e. The lowest BCUT2D eigenvalue weighted by Gasteiger charge is -2.20. The second kappa shape index (κ2) is 11.2. The second-order valence-electron chi connectivity index (χ2n) is 5.72. The van der Waals surface area contributed by atoms with Crippen molar-refractivity contribution in [2.24, 2.45) is 17.6 Å². The van der Waals surface area contributed by atoms with Gasteiger partial charge in [0.15, 0.2) is 0 Å². The van der Waals surface area contributed by atoms with Crippen LogP contribution >= 0.6 is 0 Å². The molecule has 0 unspecified atom stereocenters. The van der Waals surface area contributed by atoms with Crippen molar-refractivity contribution in [1.29, 1.82) is 0 Å².